The van der Waals surface area contributed by atoms with E-state index in [9.17, 15) is 4.79 Å². The molecule has 0 saturated heterocycles. The van der Waals surface area contributed by atoms with E-state index in [1.807, 2.05) is 31.2 Å². The van der Waals surface area contributed by atoms with Gasteiger partial charge in [0.2, 0.25) is 5.13 Å². The number of fused-ring (bicyclic) bond motifs is 1. The second kappa shape index (κ2) is 7.32. The Kier molecular flexibility index (Phi) is 4.70. The minimum absolute atomic E-state index is 0.230. The number of hydrogen-bond donors (Lipinski definition) is 1. The Balaban J connectivity index is 1.65. The molecule has 0 aliphatic heterocycles. The van der Waals surface area contributed by atoms with Gasteiger partial charge >= 0.3 is 0 Å². The summed E-state index contributed by atoms with van der Waals surface area (Å²) in [5.41, 5.74) is 2.16. The van der Waals surface area contributed by atoms with Crippen LogP contribution in [0.3, 0.4) is 0 Å². The van der Waals surface area contributed by atoms with Crippen LogP contribution in [0.4, 0.5) is 5.82 Å². The molecule has 0 aliphatic rings. The number of methoxy groups -OCH3 is 2. The number of rotatable bonds is 5. The zero-order chi connectivity index (χ0) is 19.7. The molecule has 0 fully saturated rings. The van der Waals surface area contributed by atoms with E-state index in [1.54, 1.807) is 43.2 Å². The summed E-state index contributed by atoms with van der Waals surface area (Å²) in [4.78, 5) is 17.3. The SMILES string of the molecule is COc1ccc(C(=O)Nc2cc(C)nn2-c2nc3ccc(OC)cc3s2)cc1. The molecule has 28 heavy (non-hydrogen) atoms. The summed E-state index contributed by atoms with van der Waals surface area (Å²) in [5.74, 6) is 1.80. The first kappa shape index (κ1) is 18.0. The molecular weight excluding hydrogens is 376 g/mol. The van der Waals surface area contributed by atoms with E-state index in [1.165, 1.54) is 11.3 Å². The van der Waals surface area contributed by atoms with Crippen LogP contribution in [-0.2, 0) is 0 Å². The highest BCUT2D eigenvalue weighted by Crippen LogP contribution is 2.30. The van der Waals surface area contributed by atoms with Crippen LogP contribution in [0, 0.1) is 6.92 Å². The van der Waals surface area contributed by atoms with E-state index in [0.29, 0.717) is 22.3 Å². The fourth-order valence-corrected chi connectivity index (χ4v) is 3.74. The number of anilines is 1. The maximum Gasteiger partial charge on any atom is 0.256 e. The molecule has 0 radical (unpaired) electrons. The minimum atomic E-state index is -0.230. The van der Waals surface area contributed by atoms with Crippen molar-refractivity contribution in [3.63, 3.8) is 0 Å². The van der Waals surface area contributed by atoms with Gasteiger partial charge in [0.1, 0.15) is 17.3 Å². The van der Waals surface area contributed by atoms with Crippen LogP contribution in [0.1, 0.15) is 16.1 Å². The molecule has 0 saturated carbocycles. The summed E-state index contributed by atoms with van der Waals surface area (Å²) in [7, 11) is 3.22. The number of benzene rings is 2. The number of nitrogens with zero attached hydrogens (tertiary/aromatic N) is 3. The second-order valence-electron chi connectivity index (χ2n) is 6.10. The van der Waals surface area contributed by atoms with Gasteiger partial charge < -0.3 is 14.8 Å². The molecule has 1 amide bonds. The van der Waals surface area contributed by atoms with Gasteiger partial charge in [0.05, 0.1) is 30.1 Å². The summed E-state index contributed by atoms with van der Waals surface area (Å²) in [6.07, 6.45) is 0. The molecule has 2 aromatic carbocycles. The van der Waals surface area contributed by atoms with E-state index in [-0.39, 0.29) is 5.91 Å². The summed E-state index contributed by atoms with van der Waals surface area (Å²) < 4.78 is 13.0. The van der Waals surface area contributed by atoms with Gasteiger partial charge in [-0.15, -0.1) is 0 Å². The van der Waals surface area contributed by atoms with Crippen molar-refractivity contribution in [3.05, 3.63) is 59.8 Å². The molecule has 4 aromatic rings. The van der Waals surface area contributed by atoms with Crippen molar-refractivity contribution in [2.75, 3.05) is 19.5 Å². The lowest BCUT2D eigenvalue weighted by molar-refractivity contribution is 0.102. The highest BCUT2D eigenvalue weighted by atomic mass is 32.1. The van der Waals surface area contributed by atoms with Gasteiger partial charge in [-0.3, -0.25) is 4.79 Å². The first-order valence-electron chi connectivity index (χ1n) is 8.54. The van der Waals surface area contributed by atoms with E-state index >= 15 is 0 Å². The predicted octanol–water partition coefficient (Wildman–Crippen LogP) is 4.06. The number of thiazole rings is 1. The van der Waals surface area contributed by atoms with Gasteiger partial charge in [0.25, 0.3) is 5.91 Å². The van der Waals surface area contributed by atoms with Crippen LogP contribution < -0.4 is 14.8 Å². The number of ether oxygens (including phenoxy) is 2. The fourth-order valence-electron chi connectivity index (χ4n) is 2.78. The number of carbonyl (C=O) groups is 1. The van der Waals surface area contributed by atoms with Crippen molar-refractivity contribution in [2.45, 2.75) is 6.92 Å². The van der Waals surface area contributed by atoms with Gasteiger partial charge in [0, 0.05) is 11.6 Å². The summed E-state index contributed by atoms with van der Waals surface area (Å²) in [6, 6.07) is 14.4. The maximum absolute atomic E-state index is 12.6. The molecule has 142 valence electrons. The zero-order valence-electron chi connectivity index (χ0n) is 15.6. The Hall–Kier alpha value is -3.39. The number of aromatic nitrogens is 3. The van der Waals surface area contributed by atoms with Crippen molar-refractivity contribution in [2.24, 2.45) is 0 Å². The van der Waals surface area contributed by atoms with Crippen LogP contribution >= 0.6 is 11.3 Å². The van der Waals surface area contributed by atoms with Crippen molar-refractivity contribution in [3.8, 4) is 16.6 Å². The largest absolute Gasteiger partial charge is 0.497 e. The predicted molar refractivity (Wildman–Crippen MR) is 109 cm³/mol. The van der Waals surface area contributed by atoms with E-state index in [4.69, 9.17) is 9.47 Å². The van der Waals surface area contributed by atoms with Crippen molar-refractivity contribution in [1.29, 1.82) is 0 Å². The number of carbonyl (C=O) groups excluding carboxylic acids is 1. The third-order valence-corrected chi connectivity index (χ3v) is 5.18. The molecule has 0 atom stereocenters. The molecule has 0 aliphatic carbocycles. The minimum Gasteiger partial charge on any atom is -0.497 e. The Morgan fingerprint density at radius 2 is 1.75 bits per heavy atom. The van der Waals surface area contributed by atoms with Crippen LogP contribution in [0.2, 0.25) is 0 Å². The molecule has 0 spiro atoms. The quantitative estimate of drug-likeness (QED) is 0.552. The molecule has 0 bridgehead atoms. The van der Waals surface area contributed by atoms with E-state index < -0.39 is 0 Å². The molecular formula is C20H18N4O3S. The topological polar surface area (TPSA) is 78.3 Å². The number of nitrogens with one attached hydrogen (secondary N) is 1. The van der Waals surface area contributed by atoms with Gasteiger partial charge in [-0.05, 0) is 49.4 Å². The average Bonchev–Trinajstić information content (AvgIpc) is 3.30. The molecule has 1 N–H and O–H groups in total. The van der Waals surface area contributed by atoms with Crippen molar-refractivity contribution in [1.82, 2.24) is 14.8 Å². The Morgan fingerprint density at radius 1 is 1.04 bits per heavy atom. The van der Waals surface area contributed by atoms with Gasteiger partial charge in [-0.1, -0.05) is 11.3 Å². The van der Waals surface area contributed by atoms with Crippen LogP contribution in [-0.4, -0.2) is 34.9 Å². The molecule has 0 unspecified atom stereocenters. The first-order chi connectivity index (χ1) is 13.6. The Bertz CT molecular complexity index is 1150. The lowest BCUT2D eigenvalue weighted by Gasteiger charge is -2.07. The van der Waals surface area contributed by atoms with Gasteiger partial charge in [0.15, 0.2) is 0 Å². The standard InChI is InChI=1S/C20H18N4O3S/c1-12-10-18(22-19(25)13-4-6-14(26-2)7-5-13)24(23-12)20-21-16-9-8-15(27-3)11-17(16)28-20/h4-11H,1-3H3,(H,22,25). The summed E-state index contributed by atoms with van der Waals surface area (Å²) >= 11 is 1.48. The third-order valence-electron chi connectivity index (χ3n) is 4.19. The smallest absolute Gasteiger partial charge is 0.256 e. The van der Waals surface area contributed by atoms with E-state index in [0.717, 1.165) is 21.7 Å². The molecule has 7 nitrogen and oxygen atoms in total. The number of hydrogen-bond acceptors (Lipinski definition) is 6. The van der Waals surface area contributed by atoms with E-state index in [2.05, 4.69) is 15.4 Å². The second-order valence-corrected chi connectivity index (χ2v) is 7.10. The summed E-state index contributed by atoms with van der Waals surface area (Å²) in [5, 5.41) is 8.07. The third kappa shape index (κ3) is 3.41. The lowest BCUT2D eigenvalue weighted by Crippen LogP contribution is -2.15. The van der Waals surface area contributed by atoms with Gasteiger partial charge in [-0.25, -0.2) is 4.98 Å². The van der Waals surface area contributed by atoms with Crippen molar-refractivity contribution < 1.29 is 14.3 Å². The van der Waals surface area contributed by atoms with Crippen LogP contribution in [0.25, 0.3) is 15.3 Å². The summed E-state index contributed by atoms with van der Waals surface area (Å²) in [6.45, 7) is 1.87. The zero-order valence-corrected chi connectivity index (χ0v) is 16.4. The maximum atomic E-state index is 12.6. The average molecular weight is 394 g/mol. The van der Waals surface area contributed by atoms with Crippen LogP contribution in [0.15, 0.2) is 48.5 Å². The Labute approximate surface area is 165 Å². The Morgan fingerprint density at radius 3 is 2.46 bits per heavy atom. The molecule has 4 rings (SSSR count). The van der Waals surface area contributed by atoms with Gasteiger partial charge in [-0.2, -0.15) is 9.78 Å². The first-order valence-corrected chi connectivity index (χ1v) is 9.36. The molecule has 2 heterocycles. The highest BCUT2D eigenvalue weighted by Gasteiger charge is 2.16. The normalized spacial score (nSPS) is 10.8. The van der Waals surface area contributed by atoms with Crippen molar-refractivity contribution >= 4 is 33.3 Å². The highest BCUT2D eigenvalue weighted by molar-refractivity contribution is 7.20. The van der Waals surface area contributed by atoms with Crippen LogP contribution in [0.5, 0.6) is 11.5 Å². The monoisotopic (exact) mass is 394 g/mol. The molecule has 2 aromatic heterocycles. The number of amides is 1. The molecule has 8 heteroatoms. The number of aryl methyl sites for hydroxylation is 1. The lowest BCUT2D eigenvalue weighted by atomic mass is 10.2. The fraction of sp³-hybridized carbons (Fsp3) is 0.150.